The first-order chi connectivity index (χ1) is 16.9. The molecule has 0 aliphatic rings. The monoisotopic (exact) mass is 474 g/mol. The van der Waals surface area contributed by atoms with Gasteiger partial charge in [0.1, 0.15) is 0 Å². The highest BCUT2D eigenvalue weighted by Crippen LogP contribution is 2.46. The van der Waals surface area contributed by atoms with Gasteiger partial charge in [-0.2, -0.15) is 0 Å². The molecule has 0 aliphatic carbocycles. The van der Waals surface area contributed by atoms with Crippen LogP contribution < -0.4 is 9.80 Å². The third-order valence-electron chi connectivity index (χ3n) is 5.84. The minimum Gasteiger partial charge on any atom is -0.301 e. The van der Waals surface area contributed by atoms with Crippen molar-refractivity contribution in [2.45, 2.75) is 0 Å². The predicted octanol–water partition coefficient (Wildman–Crippen LogP) is 9.90. The average Bonchev–Trinajstić information content (AvgIpc) is 3.62. The maximum Gasteiger partial charge on any atom is 0.0999 e. The van der Waals surface area contributed by atoms with Crippen molar-refractivity contribution in [3.8, 4) is 0 Å². The molecule has 2 nitrogen and oxygen atoms in total. The number of para-hydroxylation sites is 2. The highest BCUT2D eigenvalue weighted by molar-refractivity contribution is 7.14. The molecule has 0 fully saturated rings. The minimum atomic E-state index is 1.15. The van der Waals surface area contributed by atoms with Gasteiger partial charge in [0.2, 0.25) is 0 Å². The van der Waals surface area contributed by atoms with Gasteiger partial charge in [0, 0.05) is 22.1 Å². The van der Waals surface area contributed by atoms with Crippen molar-refractivity contribution in [3.05, 3.63) is 132 Å². The van der Waals surface area contributed by atoms with Crippen molar-refractivity contribution >= 4 is 66.2 Å². The van der Waals surface area contributed by atoms with Crippen molar-refractivity contribution < 1.29 is 0 Å². The van der Waals surface area contributed by atoms with Gasteiger partial charge in [0.05, 0.1) is 21.4 Å². The average molecular weight is 475 g/mol. The van der Waals surface area contributed by atoms with E-state index in [-0.39, 0.29) is 0 Å². The summed E-state index contributed by atoms with van der Waals surface area (Å²) >= 11 is 3.50. The molecule has 0 bridgehead atoms. The Labute approximate surface area is 207 Å². The van der Waals surface area contributed by atoms with Crippen molar-refractivity contribution in [1.82, 2.24) is 0 Å². The largest absolute Gasteiger partial charge is 0.301 e. The molecule has 0 saturated carbocycles. The molecule has 2 heterocycles. The molecule has 0 radical (unpaired) electrons. The molecule has 2 aromatic heterocycles. The molecule has 164 valence electrons. The summed E-state index contributed by atoms with van der Waals surface area (Å²) in [6, 6.07) is 43.0. The third-order valence-corrected chi connectivity index (χ3v) is 7.55. The van der Waals surface area contributed by atoms with Crippen LogP contribution in [-0.4, -0.2) is 0 Å². The van der Waals surface area contributed by atoms with Gasteiger partial charge in [-0.15, -0.1) is 22.7 Å². The highest BCUT2D eigenvalue weighted by atomic mass is 32.1. The summed E-state index contributed by atoms with van der Waals surface area (Å²) in [4.78, 5) is 4.71. The smallest absolute Gasteiger partial charge is 0.0999 e. The van der Waals surface area contributed by atoms with E-state index in [4.69, 9.17) is 0 Å². The second-order valence-corrected chi connectivity index (χ2v) is 9.75. The van der Waals surface area contributed by atoms with Crippen LogP contribution in [0.15, 0.2) is 132 Å². The van der Waals surface area contributed by atoms with Crippen LogP contribution in [-0.2, 0) is 0 Å². The van der Waals surface area contributed by atoms with Crippen molar-refractivity contribution in [3.63, 3.8) is 0 Å². The number of thiophene rings is 2. The number of benzene rings is 4. The first-order valence-corrected chi connectivity index (χ1v) is 13.0. The maximum atomic E-state index is 2.36. The predicted molar refractivity (Wildman–Crippen MR) is 149 cm³/mol. The molecule has 34 heavy (non-hydrogen) atoms. The van der Waals surface area contributed by atoms with E-state index in [2.05, 4.69) is 142 Å². The van der Waals surface area contributed by atoms with Crippen LogP contribution in [0, 0.1) is 0 Å². The molecule has 0 spiro atoms. The number of hydrogen-bond acceptors (Lipinski definition) is 4. The summed E-state index contributed by atoms with van der Waals surface area (Å²) in [5.74, 6) is 0. The Kier molecular flexibility index (Phi) is 5.60. The lowest BCUT2D eigenvalue weighted by molar-refractivity contribution is 1.31. The van der Waals surface area contributed by atoms with E-state index in [1.165, 1.54) is 32.1 Å². The molecule has 0 N–H and O–H groups in total. The fourth-order valence-corrected chi connectivity index (χ4v) is 5.90. The van der Waals surface area contributed by atoms with Gasteiger partial charge >= 0.3 is 0 Å². The second-order valence-electron chi connectivity index (χ2n) is 7.89. The molecule has 0 amide bonds. The van der Waals surface area contributed by atoms with Gasteiger partial charge in [-0.1, -0.05) is 60.7 Å². The van der Waals surface area contributed by atoms with Crippen molar-refractivity contribution in [2.75, 3.05) is 9.80 Å². The molecular formula is C30H22N2S2. The zero-order chi connectivity index (χ0) is 22.7. The topological polar surface area (TPSA) is 6.48 Å². The van der Waals surface area contributed by atoms with Gasteiger partial charge in [0.25, 0.3) is 0 Å². The molecule has 6 aromatic rings. The molecular weight excluding hydrogens is 452 g/mol. The molecule has 4 heteroatoms. The SMILES string of the molecule is c1ccc(N(c2cccs2)c2ccc(N(c3ccccc3)c3cccs3)c3ccccc23)cc1. The van der Waals surface area contributed by atoms with Crippen LogP contribution in [0.5, 0.6) is 0 Å². The lowest BCUT2D eigenvalue weighted by Crippen LogP contribution is -2.12. The van der Waals surface area contributed by atoms with Gasteiger partial charge in [-0.25, -0.2) is 0 Å². The van der Waals surface area contributed by atoms with E-state index in [1.54, 1.807) is 22.7 Å². The van der Waals surface area contributed by atoms with Gasteiger partial charge < -0.3 is 9.80 Å². The van der Waals surface area contributed by atoms with Crippen LogP contribution in [0.3, 0.4) is 0 Å². The summed E-state index contributed by atoms with van der Waals surface area (Å²) in [5.41, 5.74) is 4.65. The summed E-state index contributed by atoms with van der Waals surface area (Å²) in [5, 5.41) is 9.10. The highest BCUT2D eigenvalue weighted by Gasteiger charge is 2.20. The zero-order valence-corrected chi connectivity index (χ0v) is 20.0. The summed E-state index contributed by atoms with van der Waals surface area (Å²) in [6.45, 7) is 0. The molecule has 6 rings (SSSR count). The lowest BCUT2D eigenvalue weighted by Gasteiger charge is -2.29. The fourth-order valence-electron chi connectivity index (χ4n) is 4.38. The quantitative estimate of drug-likeness (QED) is 0.237. The molecule has 0 saturated heterocycles. The number of nitrogens with zero attached hydrogens (tertiary/aromatic N) is 2. The van der Waals surface area contributed by atoms with Crippen LogP contribution in [0.1, 0.15) is 0 Å². The number of rotatable bonds is 6. The van der Waals surface area contributed by atoms with E-state index in [0.29, 0.717) is 0 Å². The van der Waals surface area contributed by atoms with Gasteiger partial charge in [-0.3, -0.25) is 0 Å². The number of anilines is 6. The van der Waals surface area contributed by atoms with E-state index in [9.17, 15) is 0 Å². The Morgan fingerprint density at radius 1 is 0.382 bits per heavy atom. The normalized spacial score (nSPS) is 10.9. The van der Waals surface area contributed by atoms with Crippen molar-refractivity contribution in [1.29, 1.82) is 0 Å². The van der Waals surface area contributed by atoms with E-state index >= 15 is 0 Å². The molecule has 4 aromatic carbocycles. The van der Waals surface area contributed by atoms with Crippen LogP contribution >= 0.6 is 22.7 Å². The Bertz CT molecular complexity index is 1380. The zero-order valence-electron chi connectivity index (χ0n) is 18.4. The van der Waals surface area contributed by atoms with E-state index in [0.717, 1.165) is 11.4 Å². The van der Waals surface area contributed by atoms with E-state index < -0.39 is 0 Å². The standard InChI is InChI=1S/C30H22N2S2/c1-3-11-23(12-4-1)31(29-17-9-21-33-29)27-19-20-28(26-16-8-7-15-25(26)27)32(30-18-10-22-34-30)24-13-5-2-6-14-24/h1-22H. The Hall–Kier alpha value is -3.86. The molecule has 0 atom stereocenters. The second kappa shape index (κ2) is 9.18. The van der Waals surface area contributed by atoms with Crippen LogP contribution in [0.4, 0.5) is 32.8 Å². The lowest BCUT2D eigenvalue weighted by atomic mass is 10.0. The fraction of sp³-hybridized carbons (Fsp3) is 0. The third kappa shape index (κ3) is 3.77. The summed E-state index contributed by atoms with van der Waals surface area (Å²) in [6.07, 6.45) is 0. The van der Waals surface area contributed by atoms with Crippen LogP contribution in [0.25, 0.3) is 10.8 Å². The number of hydrogen-bond donors (Lipinski definition) is 0. The molecule has 0 aliphatic heterocycles. The minimum absolute atomic E-state index is 1.15. The first kappa shape index (κ1) is 20.7. The van der Waals surface area contributed by atoms with Crippen LogP contribution in [0.2, 0.25) is 0 Å². The summed E-state index contributed by atoms with van der Waals surface area (Å²) < 4.78 is 0. The maximum absolute atomic E-state index is 2.36. The molecule has 0 unspecified atom stereocenters. The van der Waals surface area contributed by atoms with Gasteiger partial charge in [-0.05, 0) is 71.4 Å². The Balaban J connectivity index is 1.59. The van der Waals surface area contributed by atoms with Crippen molar-refractivity contribution in [2.24, 2.45) is 0 Å². The summed E-state index contributed by atoms with van der Waals surface area (Å²) in [7, 11) is 0. The Morgan fingerprint density at radius 3 is 1.18 bits per heavy atom. The number of fused-ring (bicyclic) bond motifs is 1. The Morgan fingerprint density at radius 2 is 0.794 bits per heavy atom. The van der Waals surface area contributed by atoms with Gasteiger partial charge in [0.15, 0.2) is 0 Å². The first-order valence-electron chi connectivity index (χ1n) is 11.2. The van der Waals surface area contributed by atoms with E-state index in [1.807, 2.05) is 0 Å².